The van der Waals surface area contributed by atoms with Crippen molar-refractivity contribution in [2.75, 3.05) is 43.9 Å². The molecule has 206 valence electrons. The zero-order chi connectivity index (χ0) is 27.2. The number of anilines is 1. The van der Waals surface area contributed by atoms with Crippen LogP contribution >= 0.6 is 11.3 Å². The summed E-state index contributed by atoms with van der Waals surface area (Å²) in [5.74, 6) is 0.265. The molecule has 0 bridgehead atoms. The molecule has 1 saturated heterocycles. The Morgan fingerprint density at radius 3 is 2.22 bits per heavy atom. The Balaban J connectivity index is 1.64. The van der Waals surface area contributed by atoms with Crippen LogP contribution in [0.15, 0.2) is 46.0 Å². The molecule has 2 fully saturated rings. The number of hydrogen-bond donors (Lipinski definition) is 1. The van der Waals surface area contributed by atoms with E-state index in [4.69, 9.17) is 0 Å². The van der Waals surface area contributed by atoms with Gasteiger partial charge in [0.05, 0.1) is 12.3 Å². The van der Waals surface area contributed by atoms with Crippen molar-refractivity contribution in [3.8, 4) is 0 Å². The van der Waals surface area contributed by atoms with Crippen LogP contribution in [-0.4, -0.2) is 81.8 Å². The highest BCUT2D eigenvalue weighted by Gasteiger charge is 2.51. The van der Waals surface area contributed by atoms with Crippen molar-refractivity contribution in [2.45, 2.75) is 41.8 Å². The topological polar surface area (TPSA) is 98.2 Å². The van der Waals surface area contributed by atoms with Crippen molar-refractivity contribution in [1.82, 2.24) is 8.61 Å². The number of halogens is 3. The van der Waals surface area contributed by atoms with Crippen LogP contribution in [0, 0.1) is 5.92 Å². The monoisotopic (exact) mass is 581 g/mol. The van der Waals surface area contributed by atoms with Gasteiger partial charge < -0.3 is 10.0 Å². The van der Waals surface area contributed by atoms with Crippen LogP contribution in [0.5, 0.6) is 0 Å². The summed E-state index contributed by atoms with van der Waals surface area (Å²) in [6.07, 6.45) is -1.88. The molecule has 2 aromatic rings. The second-order valence-electron chi connectivity index (χ2n) is 9.78. The van der Waals surface area contributed by atoms with Crippen molar-refractivity contribution in [1.29, 1.82) is 0 Å². The lowest BCUT2D eigenvalue weighted by atomic mass is 9.95. The first kappa shape index (κ1) is 28.3. The standard InChI is InChI=1S/C23H30F3N3O5S3/c1-22(30,23(24,25)26)18-7-9-19(10-8-18)29-12-11-27(37(33,34)21-4-3-13-35-21)15-20(29)16-28(36(2,31)32)14-17-5-6-17/h3-4,7-10,13,17,20,30H,5-6,11-12,14-16H2,1-2H3/t20-,22+/m1/s1. The van der Waals surface area contributed by atoms with Crippen LogP contribution in [-0.2, 0) is 25.6 Å². The van der Waals surface area contributed by atoms with E-state index in [1.54, 1.807) is 11.4 Å². The van der Waals surface area contributed by atoms with Crippen molar-refractivity contribution in [3.05, 3.63) is 47.3 Å². The molecule has 0 radical (unpaired) electrons. The molecule has 1 saturated carbocycles. The molecule has 4 rings (SSSR count). The molecule has 37 heavy (non-hydrogen) atoms. The summed E-state index contributed by atoms with van der Waals surface area (Å²) in [6, 6.07) is 7.84. The van der Waals surface area contributed by atoms with Crippen LogP contribution in [0.2, 0.25) is 0 Å². The minimum atomic E-state index is -4.86. The highest BCUT2D eigenvalue weighted by Crippen LogP contribution is 2.39. The molecule has 1 aromatic heterocycles. The lowest BCUT2D eigenvalue weighted by Crippen LogP contribution is -2.59. The third-order valence-corrected chi connectivity index (χ3v) is 11.4. The van der Waals surface area contributed by atoms with Crippen LogP contribution in [0.4, 0.5) is 18.9 Å². The van der Waals surface area contributed by atoms with Crippen molar-refractivity contribution < 1.29 is 35.1 Å². The second-order valence-corrected chi connectivity index (χ2v) is 14.9. The number of rotatable bonds is 9. The van der Waals surface area contributed by atoms with Crippen LogP contribution in [0.1, 0.15) is 25.3 Å². The Kier molecular flexibility index (Phi) is 7.74. The lowest BCUT2D eigenvalue weighted by Gasteiger charge is -2.43. The van der Waals surface area contributed by atoms with Gasteiger partial charge >= 0.3 is 6.18 Å². The maximum Gasteiger partial charge on any atom is 0.421 e. The van der Waals surface area contributed by atoms with E-state index in [0.29, 0.717) is 19.2 Å². The number of sulfonamides is 2. The molecular formula is C23H30F3N3O5S3. The Labute approximate surface area is 219 Å². The molecule has 1 aromatic carbocycles. The summed E-state index contributed by atoms with van der Waals surface area (Å²) in [4.78, 5) is 1.83. The third kappa shape index (κ3) is 6.14. The van der Waals surface area contributed by atoms with Gasteiger partial charge in [0, 0.05) is 38.4 Å². The van der Waals surface area contributed by atoms with E-state index in [-0.39, 0.29) is 41.9 Å². The molecule has 1 aliphatic heterocycles. The first-order valence-electron chi connectivity index (χ1n) is 11.8. The number of nitrogens with zero attached hydrogens (tertiary/aromatic N) is 3. The fourth-order valence-electron chi connectivity index (χ4n) is 4.39. The Morgan fingerprint density at radius 1 is 1.05 bits per heavy atom. The number of benzene rings is 1. The quantitative estimate of drug-likeness (QED) is 0.489. The summed E-state index contributed by atoms with van der Waals surface area (Å²) in [6.45, 7) is 1.41. The van der Waals surface area contributed by atoms with Gasteiger partial charge in [0.2, 0.25) is 10.0 Å². The van der Waals surface area contributed by atoms with Gasteiger partial charge in [-0.1, -0.05) is 18.2 Å². The van der Waals surface area contributed by atoms with Crippen molar-refractivity contribution >= 4 is 37.1 Å². The van der Waals surface area contributed by atoms with Gasteiger partial charge in [-0.05, 0) is 54.8 Å². The van der Waals surface area contributed by atoms with E-state index in [9.17, 15) is 35.1 Å². The second kappa shape index (κ2) is 10.1. The smallest absolute Gasteiger partial charge is 0.376 e. The predicted molar refractivity (Wildman–Crippen MR) is 135 cm³/mol. The zero-order valence-corrected chi connectivity index (χ0v) is 22.9. The van der Waals surface area contributed by atoms with E-state index in [0.717, 1.165) is 30.4 Å². The Bertz CT molecular complexity index is 1290. The predicted octanol–water partition coefficient (Wildman–Crippen LogP) is 3.07. The van der Waals surface area contributed by atoms with E-state index in [1.165, 1.54) is 38.9 Å². The number of alkyl halides is 3. The maximum atomic E-state index is 13.3. The van der Waals surface area contributed by atoms with E-state index < -0.39 is 37.9 Å². The number of thiophene rings is 1. The van der Waals surface area contributed by atoms with Gasteiger partial charge in [-0.2, -0.15) is 21.8 Å². The molecule has 0 unspecified atom stereocenters. The molecule has 8 nitrogen and oxygen atoms in total. The van der Waals surface area contributed by atoms with Crippen LogP contribution in [0.25, 0.3) is 0 Å². The maximum absolute atomic E-state index is 13.3. The minimum absolute atomic E-state index is 0.0128. The first-order valence-corrected chi connectivity index (χ1v) is 15.9. The molecule has 2 heterocycles. The Morgan fingerprint density at radius 2 is 1.70 bits per heavy atom. The normalized spacial score (nSPS) is 21.8. The molecular weight excluding hydrogens is 551 g/mol. The van der Waals surface area contributed by atoms with Gasteiger partial charge in [0.25, 0.3) is 10.0 Å². The summed E-state index contributed by atoms with van der Waals surface area (Å²) in [7, 11) is -7.36. The molecule has 0 spiro atoms. The minimum Gasteiger partial charge on any atom is -0.376 e. The number of aliphatic hydroxyl groups is 1. The third-order valence-electron chi connectivity index (χ3n) is 6.89. The molecule has 2 atom stereocenters. The average Bonchev–Trinajstić information content (AvgIpc) is 3.45. The van der Waals surface area contributed by atoms with Crippen molar-refractivity contribution in [2.24, 2.45) is 5.92 Å². The lowest BCUT2D eigenvalue weighted by molar-refractivity contribution is -0.258. The van der Waals surface area contributed by atoms with Gasteiger partial charge in [0.1, 0.15) is 4.21 Å². The van der Waals surface area contributed by atoms with Gasteiger partial charge in [-0.25, -0.2) is 16.8 Å². The highest BCUT2D eigenvalue weighted by molar-refractivity contribution is 7.91. The summed E-state index contributed by atoms with van der Waals surface area (Å²) >= 11 is 1.10. The largest absolute Gasteiger partial charge is 0.421 e. The molecule has 0 amide bonds. The molecule has 2 aliphatic rings. The summed E-state index contributed by atoms with van der Waals surface area (Å²) in [5, 5.41) is 11.7. The zero-order valence-electron chi connectivity index (χ0n) is 20.4. The summed E-state index contributed by atoms with van der Waals surface area (Å²) in [5.41, 5.74) is -2.85. The molecule has 14 heteroatoms. The fraction of sp³-hybridized carbons (Fsp3) is 0.565. The van der Waals surface area contributed by atoms with E-state index in [2.05, 4.69) is 0 Å². The number of hydrogen-bond acceptors (Lipinski definition) is 7. The number of piperazine rings is 1. The van der Waals surface area contributed by atoms with Gasteiger partial charge in [-0.15, -0.1) is 11.3 Å². The molecule has 1 aliphatic carbocycles. The average molecular weight is 582 g/mol. The molecule has 1 N–H and O–H groups in total. The Hall–Kier alpha value is -1.71. The van der Waals surface area contributed by atoms with E-state index in [1.807, 2.05) is 4.90 Å². The van der Waals surface area contributed by atoms with Crippen LogP contribution in [0.3, 0.4) is 0 Å². The van der Waals surface area contributed by atoms with Gasteiger partial charge in [-0.3, -0.25) is 0 Å². The van der Waals surface area contributed by atoms with Crippen molar-refractivity contribution in [3.63, 3.8) is 0 Å². The summed E-state index contributed by atoms with van der Waals surface area (Å²) < 4.78 is 94.3. The van der Waals surface area contributed by atoms with E-state index >= 15 is 0 Å². The van der Waals surface area contributed by atoms with Crippen LogP contribution < -0.4 is 4.90 Å². The highest BCUT2D eigenvalue weighted by atomic mass is 32.2. The first-order chi connectivity index (χ1) is 17.1. The SMILES string of the molecule is C[C@](O)(c1ccc(N2CCN(S(=O)(=O)c3cccs3)C[C@@H]2CN(CC2CC2)S(C)(=O)=O)cc1)C(F)(F)F. The fourth-order valence-corrected chi connectivity index (χ4v) is 7.93. The van der Waals surface area contributed by atoms with Gasteiger partial charge in [0.15, 0.2) is 5.60 Å².